The minimum absolute atomic E-state index is 0.263. The Kier molecular flexibility index (Phi) is 10.9. The van der Waals surface area contributed by atoms with Gasteiger partial charge in [0, 0.05) is 50.4 Å². The van der Waals surface area contributed by atoms with Crippen LogP contribution in [0, 0.1) is 6.92 Å². The fourth-order valence-corrected chi connectivity index (χ4v) is 5.65. The normalized spacial score (nSPS) is 13.1. The number of anilines is 2. The number of nitrogens with one attached hydrogen (secondary N) is 1. The number of allylic oxidation sites excluding steroid dienone is 1. The molecule has 47 heavy (non-hydrogen) atoms. The number of aryl methyl sites for hydroxylation is 1. The number of piperazine rings is 1. The molecule has 2 heterocycles. The number of amides is 2. The number of aromatic nitrogens is 1. The minimum Gasteiger partial charge on any atom is -0.495 e. The molecule has 3 aromatic carbocycles. The van der Waals surface area contributed by atoms with E-state index in [0.717, 1.165) is 55.7 Å². The van der Waals surface area contributed by atoms with Crippen molar-refractivity contribution in [2.45, 2.75) is 26.2 Å². The molecule has 0 saturated carbocycles. The predicted octanol–water partition coefficient (Wildman–Crippen LogP) is 5.59. The standard InChI is InChI=1S/C37H41N5O5/c1-26-13-16-32(34(23-26)47-22-6-5-11-29(25-43)42-20-18-40(2)19-21-42)41(3)37(45)28-14-15-31(33(24-28)46-4)39-36(44)30-12-7-9-27-10-8-17-38-35(27)30/h7-10,12-17,23-24H,5-6,11,18-22H2,1-4H3,(H,39,44). The smallest absolute Gasteiger partial charge is 0.258 e. The summed E-state index contributed by atoms with van der Waals surface area (Å²) in [4.78, 5) is 48.8. The van der Waals surface area contributed by atoms with E-state index in [1.807, 2.05) is 49.4 Å². The summed E-state index contributed by atoms with van der Waals surface area (Å²) in [7, 11) is 5.28. The maximum absolute atomic E-state index is 13.7. The first-order chi connectivity index (χ1) is 22.8. The number of pyridine rings is 1. The van der Waals surface area contributed by atoms with Gasteiger partial charge in [-0.25, -0.2) is 4.79 Å². The van der Waals surface area contributed by atoms with Crippen molar-refractivity contribution >= 4 is 40.0 Å². The fraction of sp³-hybridized carbons (Fsp3) is 0.324. The molecule has 2 amide bonds. The van der Waals surface area contributed by atoms with Crippen LogP contribution >= 0.6 is 0 Å². The molecule has 0 bridgehead atoms. The Labute approximate surface area is 275 Å². The number of benzene rings is 3. The maximum Gasteiger partial charge on any atom is 0.258 e. The van der Waals surface area contributed by atoms with E-state index in [9.17, 15) is 14.4 Å². The Bertz CT molecular complexity index is 1790. The largest absolute Gasteiger partial charge is 0.495 e. The molecule has 0 aliphatic carbocycles. The summed E-state index contributed by atoms with van der Waals surface area (Å²) in [6.45, 7) is 5.99. The van der Waals surface area contributed by atoms with Crippen LogP contribution in [0.2, 0.25) is 0 Å². The number of rotatable bonds is 12. The molecule has 1 aromatic heterocycles. The molecule has 0 radical (unpaired) electrons. The van der Waals surface area contributed by atoms with Crippen molar-refractivity contribution in [2.24, 2.45) is 0 Å². The molecule has 5 rings (SSSR count). The van der Waals surface area contributed by atoms with E-state index in [2.05, 4.69) is 33.1 Å². The number of hydrogen-bond donors (Lipinski definition) is 1. The number of likely N-dealkylation sites (N-methyl/N-ethyl adjacent to an activating group) is 1. The van der Waals surface area contributed by atoms with Crippen LogP contribution < -0.4 is 19.7 Å². The zero-order valence-corrected chi connectivity index (χ0v) is 27.4. The van der Waals surface area contributed by atoms with Gasteiger partial charge in [0.05, 0.1) is 41.9 Å². The van der Waals surface area contributed by atoms with Gasteiger partial charge in [-0.1, -0.05) is 24.3 Å². The highest BCUT2D eigenvalue weighted by atomic mass is 16.5. The Morgan fingerprint density at radius 1 is 0.979 bits per heavy atom. The number of carbonyl (C=O) groups is 2. The molecule has 0 atom stereocenters. The number of para-hydroxylation sites is 1. The second kappa shape index (κ2) is 15.4. The third-order valence-electron chi connectivity index (χ3n) is 8.42. The Morgan fingerprint density at radius 2 is 1.77 bits per heavy atom. The highest BCUT2D eigenvalue weighted by molar-refractivity contribution is 6.13. The van der Waals surface area contributed by atoms with Gasteiger partial charge in [-0.15, -0.1) is 0 Å². The van der Waals surface area contributed by atoms with Crippen LogP contribution in [0.5, 0.6) is 11.5 Å². The van der Waals surface area contributed by atoms with Crippen LogP contribution in [0.3, 0.4) is 0 Å². The van der Waals surface area contributed by atoms with Crippen LogP contribution in [-0.2, 0) is 4.79 Å². The number of hydrogen-bond acceptors (Lipinski definition) is 8. The molecule has 1 N–H and O–H groups in total. The average molecular weight is 636 g/mol. The lowest BCUT2D eigenvalue weighted by Crippen LogP contribution is -2.44. The summed E-state index contributed by atoms with van der Waals surface area (Å²) in [6, 6.07) is 19.8. The molecule has 0 spiro atoms. The van der Waals surface area contributed by atoms with E-state index in [-0.39, 0.29) is 11.8 Å². The molecule has 1 aliphatic rings. The second-order valence-corrected chi connectivity index (χ2v) is 11.7. The van der Waals surface area contributed by atoms with E-state index >= 15 is 0 Å². The van der Waals surface area contributed by atoms with Crippen molar-refractivity contribution in [3.63, 3.8) is 0 Å². The summed E-state index contributed by atoms with van der Waals surface area (Å²) in [5.74, 6) is 2.51. The van der Waals surface area contributed by atoms with Crippen LogP contribution in [0.15, 0.2) is 78.6 Å². The van der Waals surface area contributed by atoms with Gasteiger partial charge in [-0.2, -0.15) is 0 Å². The number of fused-ring (bicyclic) bond motifs is 1. The summed E-state index contributed by atoms with van der Waals surface area (Å²) in [5, 5.41) is 3.76. The average Bonchev–Trinajstić information content (AvgIpc) is 3.09. The Morgan fingerprint density at radius 3 is 2.53 bits per heavy atom. The molecule has 244 valence electrons. The van der Waals surface area contributed by atoms with Crippen molar-refractivity contribution in [3.05, 3.63) is 95.3 Å². The molecular weight excluding hydrogens is 594 g/mol. The van der Waals surface area contributed by atoms with E-state index in [0.29, 0.717) is 52.5 Å². The first-order valence-corrected chi connectivity index (χ1v) is 15.8. The summed E-state index contributed by atoms with van der Waals surface area (Å²) in [5.41, 5.74) is 4.23. The number of methoxy groups -OCH3 is 1. The molecule has 1 aliphatic heterocycles. The highest BCUT2D eigenvalue weighted by Gasteiger charge is 2.21. The summed E-state index contributed by atoms with van der Waals surface area (Å²) in [6.07, 6.45) is 3.86. The van der Waals surface area contributed by atoms with Crippen molar-refractivity contribution in [3.8, 4) is 11.5 Å². The van der Waals surface area contributed by atoms with Gasteiger partial charge < -0.3 is 29.5 Å². The van der Waals surface area contributed by atoms with Crippen LogP contribution in [0.4, 0.5) is 11.4 Å². The van der Waals surface area contributed by atoms with Gasteiger partial charge in [0.2, 0.25) is 0 Å². The maximum atomic E-state index is 13.7. The van der Waals surface area contributed by atoms with Crippen LogP contribution in [0.25, 0.3) is 10.9 Å². The number of carbonyl (C=O) groups excluding carboxylic acids is 3. The molecule has 1 saturated heterocycles. The van der Waals surface area contributed by atoms with Crippen molar-refractivity contribution in [1.29, 1.82) is 0 Å². The predicted molar refractivity (Wildman–Crippen MR) is 184 cm³/mol. The number of nitrogens with zero attached hydrogens (tertiary/aromatic N) is 4. The molecule has 0 unspecified atom stereocenters. The highest BCUT2D eigenvalue weighted by Crippen LogP contribution is 2.32. The van der Waals surface area contributed by atoms with Crippen molar-refractivity contribution in [1.82, 2.24) is 14.8 Å². The lowest BCUT2D eigenvalue weighted by molar-refractivity contribution is 0.0990. The van der Waals surface area contributed by atoms with Crippen molar-refractivity contribution in [2.75, 3.05) is 64.2 Å². The Balaban J connectivity index is 1.23. The zero-order chi connectivity index (χ0) is 33.3. The number of ether oxygens (including phenoxy) is 2. The fourth-order valence-electron chi connectivity index (χ4n) is 5.65. The van der Waals surface area contributed by atoms with E-state index < -0.39 is 0 Å². The van der Waals surface area contributed by atoms with E-state index in [4.69, 9.17) is 9.47 Å². The zero-order valence-electron chi connectivity index (χ0n) is 27.4. The lowest BCUT2D eigenvalue weighted by Gasteiger charge is -2.34. The molecule has 10 heteroatoms. The SMILES string of the molecule is COc1cc(C(=O)N(C)c2ccc(C)cc2OCCCCC(=C=O)N2CCN(C)CC2)ccc1NC(=O)c1cccc2cccnc12. The minimum atomic E-state index is -0.331. The second-order valence-electron chi connectivity index (χ2n) is 11.7. The summed E-state index contributed by atoms with van der Waals surface area (Å²) < 4.78 is 11.8. The first kappa shape index (κ1) is 33.2. The van der Waals surface area contributed by atoms with Crippen LogP contribution in [0.1, 0.15) is 45.5 Å². The topological polar surface area (TPSA) is 104 Å². The van der Waals surface area contributed by atoms with Gasteiger partial charge in [0.25, 0.3) is 11.8 Å². The number of unbranched alkanes of at least 4 members (excludes halogenated alkanes) is 1. The van der Waals surface area contributed by atoms with Crippen LogP contribution in [-0.4, -0.2) is 86.5 Å². The van der Waals surface area contributed by atoms with Gasteiger partial charge in [0.1, 0.15) is 17.4 Å². The Hall–Kier alpha value is -5.18. The summed E-state index contributed by atoms with van der Waals surface area (Å²) >= 11 is 0. The molecule has 4 aromatic rings. The van der Waals surface area contributed by atoms with E-state index in [1.165, 1.54) is 7.11 Å². The van der Waals surface area contributed by atoms with Gasteiger partial charge in [0.15, 0.2) is 0 Å². The third kappa shape index (κ3) is 7.98. The lowest BCUT2D eigenvalue weighted by atomic mass is 10.1. The molecular formula is C37H41N5O5. The van der Waals surface area contributed by atoms with Gasteiger partial charge in [-0.3, -0.25) is 14.6 Å². The molecule has 1 fully saturated rings. The van der Waals surface area contributed by atoms with Gasteiger partial charge in [-0.05, 0) is 81.3 Å². The third-order valence-corrected chi connectivity index (χ3v) is 8.42. The first-order valence-electron chi connectivity index (χ1n) is 15.8. The van der Waals surface area contributed by atoms with E-state index in [1.54, 1.807) is 42.4 Å². The quantitative estimate of drug-likeness (QED) is 0.159. The van der Waals surface area contributed by atoms with Crippen molar-refractivity contribution < 1.29 is 23.9 Å². The molecule has 10 nitrogen and oxygen atoms in total. The monoisotopic (exact) mass is 635 g/mol. The van der Waals surface area contributed by atoms with Gasteiger partial charge >= 0.3 is 0 Å².